The highest BCUT2D eigenvalue weighted by molar-refractivity contribution is 7.21. The van der Waals surface area contributed by atoms with E-state index in [4.69, 9.17) is 17.3 Å². The summed E-state index contributed by atoms with van der Waals surface area (Å²) in [5, 5.41) is 8.69. The van der Waals surface area contributed by atoms with Crippen molar-refractivity contribution in [2.75, 3.05) is 5.32 Å². The second-order valence-electron chi connectivity index (χ2n) is 7.76. The molecule has 4 aromatic heterocycles. The number of halogens is 7. The summed E-state index contributed by atoms with van der Waals surface area (Å²) in [6.45, 7) is 1.58. The van der Waals surface area contributed by atoms with Gasteiger partial charge in [0.05, 0.1) is 11.9 Å². The number of pyridine rings is 1. The molecule has 17 heteroatoms. The van der Waals surface area contributed by atoms with Crippen LogP contribution in [0.3, 0.4) is 0 Å². The van der Waals surface area contributed by atoms with E-state index in [1.807, 2.05) is 0 Å². The summed E-state index contributed by atoms with van der Waals surface area (Å²) in [6, 6.07) is 0.717. The molecule has 0 aliphatic rings. The van der Waals surface area contributed by atoms with Gasteiger partial charge in [0.1, 0.15) is 20.4 Å². The lowest BCUT2D eigenvalue weighted by molar-refractivity contribution is -0.143. The van der Waals surface area contributed by atoms with Gasteiger partial charge in [0, 0.05) is 30.7 Å². The van der Waals surface area contributed by atoms with Crippen molar-refractivity contribution in [3.8, 4) is 11.1 Å². The lowest BCUT2D eigenvalue weighted by Gasteiger charge is -2.12. The van der Waals surface area contributed by atoms with Gasteiger partial charge in [-0.2, -0.15) is 36.5 Å². The number of nitrogens with one attached hydrogen (secondary N) is 1. The zero-order chi connectivity index (χ0) is 27.6. The highest BCUT2D eigenvalue weighted by atomic mass is 35.5. The smallest absolute Gasteiger partial charge is 0.365 e. The van der Waals surface area contributed by atoms with Crippen LogP contribution < -0.4 is 11.1 Å². The molecular weight excluding hydrogens is 552 g/mol. The van der Waals surface area contributed by atoms with Gasteiger partial charge in [-0.15, -0.1) is 11.3 Å². The van der Waals surface area contributed by atoms with Crippen molar-refractivity contribution in [2.24, 2.45) is 19.8 Å². The molecule has 196 valence electrons. The Morgan fingerprint density at radius 1 is 1.08 bits per heavy atom. The summed E-state index contributed by atoms with van der Waals surface area (Å²) < 4.78 is 82.6. The number of thiophene rings is 1. The first-order valence-electron chi connectivity index (χ1n) is 9.96. The van der Waals surface area contributed by atoms with E-state index >= 15 is 0 Å². The Labute approximate surface area is 211 Å². The second kappa shape index (κ2) is 8.72. The SMILES string of the molecule is Cc1c(-c2cc(C(F)(F)F)nc3sc(C(N)=O)c(NC(=O)c4nn(C)c(C(F)(F)F)c4Cl)c23)cnn1C. The number of aromatic nitrogens is 5. The van der Waals surface area contributed by atoms with E-state index in [9.17, 15) is 35.9 Å². The largest absolute Gasteiger partial charge is 0.434 e. The summed E-state index contributed by atoms with van der Waals surface area (Å²) in [7, 11) is 2.47. The lowest BCUT2D eigenvalue weighted by Crippen LogP contribution is -2.17. The number of amides is 2. The van der Waals surface area contributed by atoms with Crippen molar-refractivity contribution in [1.29, 1.82) is 0 Å². The summed E-state index contributed by atoms with van der Waals surface area (Å²) in [5.41, 5.74) is 2.12. The summed E-state index contributed by atoms with van der Waals surface area (Å²) >= 11 is 6.26. The molecule has 0 aliphatic heterocycles. The molecular formula is C20H14ClF6N7O2S. The zero-order valence-corrected chi connectivity index (χ0v) is 20.4. The average molecular weight is 566 g/mol. The van der Waals surface area contributed by atoms with Crippen LogP contribution >= 0.6 is 22.9 Å². The Morgan fingerprint density at radius 3 is 2.22 bits per heavy atom. The first kappa shape index (κ1) is 26.4. The Balaban J connectivity index is 1.98. The average Bonchev–Trinajstić information content (AvgIpc) is 3.40. The van der Waals surface area contributed by atoms with Gasteiger partial charge in [0.25, 0.3) is 11.8 Å². The summed E-state index contributed by atoms with van der Waals surface area (Å²) in [4.78, 5) is 28.1. The number of nitrogens with two attached hydrogens (primary N) is 1. The topological polar surface area (TPSA) is 121 Å². The van der Waals surface area contributed by atoms with Crippen molar-refractivity contribution in [3.05, 3.63) is 44.9 Å². The number of alkyl halides is 6. The quantitative estimate of drug-likeness (QED) is 0.345. The van der Waals surface area contributed by atoms with Crippen LogP contribution in [0.25, 0.3) is 21.3 Å². The normalized spacial score (nSPS) is 12.4. The molecule has 2 amide bonds. The van der Waals surface area contributed by atoms with E-state index in [0.29, 0.717) is 21.7 Å². The fourth-order valence-corrected chi connectivity index (χ4v) is 5.00. The maximum Gasteiger partial charge on any atom is 0.434 e. The molecule has 0 radical (unpaired) electrons. The molecule has 37 heavy (non-hydrogen) atoms. The standard InChI is InChI=1S/C20H14ClF6N7O2S/c1-6-8(5-29-33(6)2)7-4-9(19(22,23)24)30-18-10(7)12(14(37-18)16(28)35)31-17(36)13-11(21)15(20(25,26)27)34(3)32-13/h4-5H,1-3H3,(H2,28,35)(H,31,36). The van der Waals surface area contributed by atoms with Gasteiger partial charge in [-0.05, 0) is 18.6 Å². The minimum Gasteiger partial charge on any atom is -0.365 e. The van der Waals surface area contributed by atoms with E-state index in [2.05, 4.69) is 20.5 Å². The maximum absolute atomic E-state index is 13.6. The van der Waals surface area contributed by atoms with Crippen LogP contribution in [0, 0.1) is 6.92 Å². The number of nitrogens with zero attached hydrogens (tertiary/aromatic N) is 5. The fraction of sp³-hybridized carbons (Fsp3) is 0.250. The summed E-state index contributed by atoms with van der Waals surface area (Å²) in [6.07, 6.45) is -8.52. The van der Waals surface area contributed by atoms with Crippen molar-refractivity contribution in [1.82, 2.24) is 24.5 Å². The minimum absolute atomic E-state index is 0.0925. The number of carbonyl (C=O) groups is 2. The molecule has 0 aliphatic carbocycles. The van der Waals surface area contributed by atoms with E-state index in [1.54, 1.807) is 14.0 Å². The van der Waals surface area contributed by atoms with Crippen LogP contribution in [0.2, 0.25) is 5.02 Å². The zero-order valence-electron chi connectivity index (χ0n) is 18.8. The third-order valence-corrected chi connectivity index (χ3v) is 6.87. The molecule has 0 unspecified atom stereocenters. The number of fused-ring (bicyclic) bond motifs is 1. The van der Waals surface area contributed by atoms with Crippen LogP contribution in [0.15, 0.2) is 12.3 Å². The van der Waals surface area contributed by atoms with Crippen LogP contribution in [0.5, 0.6) is 0 Å². The first-order chi connectivity index (χ1) is 17.0. The van der Waals surface area contributed by atoms with Crippen LogP contribution in [-0.2, 0) is 26.4 Å². The third-order valence-electron chi connectivity index (χ3n) is 5.41. The van der Waals surface area contributed by atoms with Crippen molar-refractivity contribution in [3.63, 3.8) is 0 Å². The molecule has 0 aromatic carbocycles. The number of primary amides is 1. The van der Waals surface area contributed by atoms with Gasteiger partial charge in [-0.25, -0.2) is 4.98 Å². The molecule has 4 aromatic rings. The van der Waals surface area contributed by atoms with E-state index in [1.165, 1.54) is 10.9 Å². The van der Waals surface area contributed by atoms with E-state index in [-0.39, 0.29) is 31.9 Å². The fourth-order valence-electron chi connectivity index (χ4n) is 3.64. The number of carbonyl (C=O) groups excluding carboxylic acids is 2. The van der Waals surface area contributed by atoms with Crippen molar-refractivity contribution < 1.29 is 35.9 Å². The van der Waals surface area contributed by atoms with Gasteiger partial charge < -0.3 is 11.1 Å². The predicted octanol–water partition coefficient (Wildman–Crippen LogP) is 4.78. The van der Waals surface area contributed by atoms with Gasteiger partial charge in [0.15, 0.2) is 11.4 Å². The third kappa shape index (κ3) is 4.50. The molecule has 0 saturated heterocycles. The Hall–Kier alpha value is -3.66. The van der Waals surface area contributed by atoms with Gasteiger partial charge in [-0.1, -0.05) is 11.6 Å². The molecule has 0 saturated carbocycles. The van der Waals surface area contributed by atoms with Gasteiger partial charge in [-0.3, -0.25) is 19.0 Å². The molecule has 0 atom stereocenters. The highest BCUT2D eigenvalue weighted by Gasteiger charge is 2.40. The van der Waals surface area contributed by atoms with E-state index < -0.39 is 46.3 Å². The van der Waals surface area contributed by atoms with Crippen LogP contribution in [0.1, 0.15) is 37.2 Å². The number of aryl methyl sites for hydroxylation is 2. The second-order valence-corrected chi connectivity index (χ2v) is 9.13. The minimum atomic E-state index is -4.94. The monoisotopic (exact) mass is 565 g/mol. The molecule has 0 bridgehead atoms. The van der Waals surface area contributed by atoms with Crippen LogP contribution in [-0.4, -0.2) is 36.4 Å². The number of anilines is 1. The number of hydrogen-bond donors (Lipinski definition) is 2. The molecule has 4 rings (SSSR count). The van der Waals surface area contributed by atoms with E-state index in [0.717, 1.165) is 13.1 Å². The number of hydrogen-bond acceptors (Lipinski definition) is 6. The van der Waals surface area contributed by atoms with Gasteiger partial charge in [0.2, 0.25) is 0 Å². The van der Waals surface area contributed by atoms with Crippen molar-refractivity contribution in [2.45, 2.75) is 19.3 Å². The van der Waals surface area contributed by atoms with Gasteiger partial charge >= 0.3 is 12.4 Å². The Kier molecular flexibility index (Phi) is 6.23. The maximum atomic E-state index is 13.6. The highest BCUT2D eigenvalue weighted by Crippen LogP contribution is 2.44. The predicted molar refractivity (Wildman–Crippen MR) is 121 cm³/mol. The van der Waals surface area contributed by atoms with Crippen LogP contribution in [0.4, 0.5) is 32.0 Å². The summed E-state index contributed by atoms with van der Waals surface area (Å²) in [5.74, 6) is -2.38. The first-order valence-corrected chi connectivity index (χ1v) is 11.2. The molecule has 3 N–H and O–H groups in total. The molecule has 4 heterocycles. The van der Waals surface area contributed by atoms with Crippen molar-refractivity contribution >= 4 is 50.7 Å². The molecule has 0 fully saturated rings. The Bertz CT molecular complexity index is 1580. The lowest BCUT2D eigenvalue weighted by atomic mass is 10.0. The number of rotatable bonds is 4. The molecule has 9 nitrogen and oxygen atoms in total. The molecule has 0 spiro atoms. The Morgan fingerprint density at radius 2 is 1.73 bits per heavy atom.